The quantitative estimate of drug-likeness (QED) is 0.215. The van der Waals surface area contributed by atoms with E-state index in [4.69, 9.17) is 42.9 Å². The minimum absolute atomic E-state index is 0.407. The molecule has 0 saturated carbocycles. The molecule has 44 heavy (non-hydrogen) atoms. The number of aromatic nitrogens is 3. The van der Waals surface area contributed by atoms with Gasteiger partial charge in [-0.3, -0.25) is 0 Å². The lowest BCUT2D eigenvalue weighted by molar-refractivity contribution is 0.482. The van der Waals surface area contributed by atoms with Crippen molar-refractivity contribution in [3.8, 4) is 56.8 Å². The fourth-order valence-electron chi connectivity index (χ4n) is 5.50. The van der Waals surface area contributed by atoms with Crippen molar-refractivity contribution < 1.29 is 4.74 Å². The molecule has 210 valence electrons. The molecule has 0 radical (unpaired) electrons. The molecule has 0 saturated heterocycles. The zero-order valence-electron chi connectivity index (χ0n) is 23.1. The Balaban J connectivity index is 1.25. The molecule has 6 aromatic carbocycles. The molecule has 5 nitrogen and oxygen atoms in total. The third-order valence-electron chi connectivity index (χ3n) is 7.67. The van der Waals surface area contributed by atoms with Gasteiger partial charge in [0.2, 0.25) is 0 Å². The third-order valence-corrected chi connectivity index (χ3v) is 8.38. The summed E-state index contributed by atoms with van der Waals surface area (Å²) in [6.45, 7) is 0. The van der Waals surface area contributed by atoms with Gasteiger partial charge in [0, 0.05) is 22.1 Å². The van der Waals surface area contributed by atoms with Crippen molar-refractivity contribution in [3.05, 3.63) is 137 Å². The molecule has 1 aromatic heterocycles. The first-order chi connectivity index (χ1) is 21.6. The molecule has 7 aromatic rings. The van der Waals surface area contributed by atoms with Crippen LogP contribution in [-0.2, 0) is 0 Å². The zero-order valence-corrected chi connectivity index (χ0v) is 24.6. The molecule has 2 heterocycles. The zero-order chi connectivity index (χ0) is 29.6. The number of rotatable bonds is 4. The van der Waals surface area contributed by atoms with Crippen LogP contribution < -0.4 is 10.1 Å². The fourth-order valence-corrected chi connectivity index (χ4v) is 6.15. The molecule has 1 N–H and O–H groups in total. The monoisotopic (exact) mass is 608 g/mol. The Morgan fingerprint density at radius 1 is 0.545 bits per heavy atom. The van der Waals surface area contributed by atoms with Crippen molar-refractivity contribution in [3.63, 3.8) is 0 Å². The molecular weight excluding hydrogens is 587 g/mol. The summed E-state index contributed by atoms with van der Waals surface area (Å²) in [6, 6.07) is 41.6. The van der Waals surface area contributed by atoms with E-state index in [1.54, 1.807) is 0 Å². The topological polar surface area (TPSA) is 59.9 Å². The number of nitrogens with zero attached hydrogens (tertiary/aromatic N) is 3. The lowest BCUT2D eigenvalue weighted by Crippen LogP contribution is -2.03. The van der Waals surface area contributed by atoms with E-state index in [1.165, 1.54) is 0 Å². The van der Waals surface area contributed by atoms with Crippen LogP contribution in [-0.4, -0.2) is 15.0 Å². The number of para-hydroxylation sites is 2. The van der Waals surface area contributed by atoms with Gasteiger partial charge >= 0.3 is 0 Å². The van der Waals surface area contributed by atoms with Crippen molar-refractivity contribution in [1.82, 2.24) is 15.0 Å². The largest absolute Gasteiger partial charge is 0.453 e. The molecule has 0 bridgehead atoms. The van der Waals surface area contributed by atoms with Gasteiger partial charge in [-0.05, 0) is 41.3 Å². The van der Waals surface area contributed by atoms with Gasteiger partial charge in [0.15, 0.2) is 29.0 Å². The molecule has 7 heteroatoms. The van der Waals surface area contributed by atoms with Gasteiger partial charge in [-0.1, -0.05) is 120 Å². The molecule has 1 aliphatic heterocycles. The van der Waals surface area contributed by atoms with Crippen LogP contribution in [0.5, 0.6) is 11.5 Å². The van der Waals surface area contributed by atoms with Gasteiger partial charge in [-0.15, -0.1) is 0 Å². The Kier molecular flexibility index (Phi) is 6.48. The minimum Gasteiger partial charge on any atom is -0.453 e. The maximum Gasteiger partial charge on any atom is 0.167 e. The number of ether oxygens (including phenoxy) is 1. The van der Waals surface area contributed by atoms with Crippen LogP contribution in [0.1, 0.15) is 0 Å². The van der Waals surface area contributed by atoms with E-state index in [9.17, 15) is 0 Å². The smallest absolute Gasteiger partial charge is 0.167 e. The van der Waals surface area contributed by atoms with Crippen molar-refractivity contribution in [1.29, 1.82) is 0 Å². The number of halogens is 2. The summed E-state index contributed by atoms with van der Waals surface area (Å²) in [7, 11) is 0. The van der Waals surface area contributed by atoms with Crippen LogP contribution in [0.25, 0.3) is 56.1 Å². The Bertz CT molecular complexity index is 2150. The second-order valence-corrected chi connectivity index (χ2v) is 11.2. The van der Waals surface area contributed by atoms with Crippen molar-refractivity contribution >= 4 is 45.3 Å². The highest BCUT2D eigenvalue weighted by atomic mass is 35.5. The van der Waals surface area contributed by atoms with Crippen LogP contribution in [0, 0.1) is 0 Å². The number of hydrogen-bond donors (Lipinski definition) is 1. The minimum atomic E-state index is 0.407. The second kappa shape index (κ2) is 10.8. The standard InChI is InChI=1S/C37H22Cl2N4O/c38-28-19-18-26(24-15-17-27-25(21-24)16-20-31-34(27)40-29-13-7-8-14-30(29)44-31)33(39)32(28)37-42-35(22-9-3-1-4-10-22)41-36(43-37)23-11-5-2-6-12-23/h1-21,40H. The van der Waals surface area contributed by atoms with Gasteiger partial charge in [0.1, 0.15) is 0 Å². The maximum absolute atomic E-state index is 7.19. The van der Waals surface area contributed by atoms with Crippen LogP contribution in [0.15, 0.2) is 127 Å². The summed E-state index contributed by atoms with van der Waals surface area (Å²) < 4.78 is 6.16. The first-order valence-electron chi connectivity index (χ1n) is 14.1. The maximum atomic E-state index is 7.19. The van der Waals surface area contributed by atoms with Crippen LogP contribution in [0.4, 0.5) is 11.4 Å². The number of nitrogens with one attached hydrogen (secondary N) is 1. The fraction of sp³-hybridized carbons (Fsp3) is 0. The van der Waals surface area contributed by atoms with E-state index < -0.39 is 0 Å². The van der Waals surface area contributed by atoms with E-state index in [-0.39, 0.29) is 0 Å². The summed E-state index contributed by atoms with van der Waals surface area (Å²) in [6.07, 6.45) is 0. The Morgan fingerprint density at radius 3 is 1.93 bits per heavy atom. The average molecular weight is 610 g/mol. The number of benzene rings is 6. The first-order valence-corrected chi connectivity index (χ1v) is 14.8. The van der Waals surface area contributed by atoms with Gasteiger partial charge in [0.25, 0.3) is 0 Å². The van der Waals surface area contributed by atoms with Crippen molar-refractivity contribution in [2.24, 2.45) is 0 Å². The number of anilines is 2. The van der Waals surface area contributed by atoms with Crippen LogP contribution in [0.3, 0.4) is 0 Å². The van der Waals surface area contributed by atoms with E-state index in [0.717, 1.165) is 55.9 Å². The predicted molar refractivity (Wildman–Crippen MR) is 179 cm³/mol. The van der Waals surface area contributed by atoms with Crippen LogP contribution in [0.2, 0.25) is 10.0 Å². The molecule has 8 rings (SSSR count). The van der Waals surface area contributed by atoms with Crippen molar-refractivity contribution in [2.45, 2.75) is 0 Å². The highest BCUT2D eigenvalue weighted by Gasteiger charge is 2.22. The Morgan fingerprint density at radius 2 is 1.20 bits per heavy atom. The van der Waals surface area contributed by atoms with Gasteiger partial charge in [0.05, 0.1) is 27.0 Å². The summed E-state index contributed by atoms with van der Waals surface area (Å²) in [4.78, 5) is 14.5. The SMILES string of the molecule is Clc1ccc(-c2ccc3c4c(ccc3c2)Oc2ccccc2N4)c(Cl)c1-c1nc(-c2ccccc2)nc(-c2ccccc2)n1. The van der Waals surface area contributed by atoms with E-state index >= 15 is 0 Å². The molecular formula is C37H22Cl2N4O. The van der Waals surface area contributed by atoms with Gasteiger partial charge in [-0.2, -0.15) is 0 Å². The second-order valence-electron chi connectivity index (χ2n) is 10.4. The molecule has 1 aliphatic rings. The normalized spacial score (nSPS) is 11.8. The third kappa shape index (κ3) is 4.63. The van der Waals surface area contributed by atoms with E-state index in [2.05, 4.69) is 29.6 Å². The highest BCUT2D eigenvalue weighted by molar-refractivity contribution is 6.40. The van der Waals surface area contributed by atoms with E-state index in [1.807, 2.05) is 103 Å². The first kappa shape index (κ1) is 26.4. The summed E-state index contributed by atoms with van der Waals surface area (Å²) in [5, 5.41) is 6.55. The average Bonchev–Trinajstić information content (AvgIpc) is 3.08. The lowest BCUT2D eigenvalue weighted by Gasteiger charge is -2.23. The molecule has 0 spiro atoms. The van der Waals surface area contributed by atoms with Crippen molar-refractivity contribution in [2.75, 3.05) is 5.32 Å². The van der Waals surface area contributed by atoms with Crippen LogP contribution >= 0.6 is 23.2 Å². The summed E-state index contributed by atoms with van der Waals surface area (Å²) in [5.74, 6) is 3.08. The molecule has 0 amide bonds. The van der Waals surface area contributed by atoms with Gasteiger partial charge in [-0.25, -0.2) is 15.0 Å². The summed E-state index contributed by atoms with van der Waals surface area (Å²) >= 11 is 14.0. The predicted octanol–water partition coefficient (Wildman–Crippen LogP) is 10.8. The molecule has 0 unspecified atom stereocenters. The Labute approximate surface area is 263 Å². The Hall–Kier alpha value is -5.23. The highest BCUT2D eigenvalue weighted by Crippen LogP contribution is 2.47. The number of fused-ring (bicyclic) bond motifs is 4. The summed E-state index contributed by atoms with van der Waals surface area (Å²) in [5.41, 5.74) is 5.93. The molecule has 0 atom stereocenters. The lowest BCUT2D eigenvalue weighted by atomic mass is 9.98. The van der Waals surface area contributed by atoms with E-state index in [0.29, 0.717) is 33.1 Å². The van der Waals surface area contributed by atoms with Gasteiger partial charge < -0.3 is 10.1 Å². The number of hydrogen-bond acceptors (Lipinski definition) is 5. The molecule has 0 fully saturated rings. The molecule has 0 aliphatic carbocycles.